The predicted octanol–water partition coefficient (Wildman–Crippen LogP) is 19.8. The van der Waals surface area contributed by atoms with Crippen LogP contribution < -0.4 is 0 Å². The number of para-hydroxylation sites is 2. The SMILES string of the molecule is Cc1ccc(-c2cc3oc4ccccc4c3cn2)cc1C.Cc1ccc(-c2cc3oc4ncccc4c3cn2)cc1C.Cc1cnc(-c2ccc3c(c2)oc2ccccc23)cc1C.Cc1cnc(-c2ccc3c(c2)oc2ncccc23)cc1C. The molecule has 0 aliphatic carbocycles. The van der Waals surface area contributed by atoms with Crippen molar-refractivity contribution in [1.29, 1.82) is 0 Å². The standard InChI is InChI=1S/2C19H15NO.2C18H14N2O/c1-12-9-17(20-11-13(12)2)14-7-8-16-15-5-3-4-6-18(15)21-19(16)10-14;1-12-7-8-14(9-13(12)2)17-10-19-16(11-20-17)15-5-3-4-6-18(15)21-19;1-11-8-16(20-10-12(11)2)13-5-6-14-15-4-3-7-19-18(15)21-17(14)9-13;1-11-5-6-13(8-12(11)2)16-9-17-15(10-20-16)14-4-3-7-19-18(14)21-17/h2*3-11H,1-2H3;2*3-10H,1-2H3. The Morgan fingerprint density at radius 3 is 1.07 bits per heavy atom. The molecule has 0 fully saturated rings. The average molecular weight is 1100 g/mol. The van der Waals surface area contributed by atoms with Gasteiger partial charge in [-0.3, -0.25) is 19.9 Å². The zero-order valence-electron chi connectivity index (χ0n) is 47.9. The molecule has 0 unspecified atom stereocenters. The van der Waals surface area contributed by atoms with Crippen molar-refractivity contribution in [2.45, 2.75) is 55.4 Å². The van der Waals surface area contributed by atoms with Crippen LogP contribution in [-0.2, 0) is 0 Å². The van der Waals surface area contributed by atoms with E-state index in [1.807, 2.05) is 104 Å². The fourth-order valence-electron chi connectivity index (χ4n) is 10.5. The minimum Gasteiger partial charge on any atom is -0.456 e. The second-order valence-electron chi connectivity index (χ2n) is 21.6. The van der Waals surface area contributed by atoms with Crippen LogP contribution in [0.4, 0.5) is 0 Å². The number of aryl methyl sites for hydroxylation is 8. The van der Waals surface area contributed by atoms with Gasteiger partial charge in [0.25, 0.3) is 0 Å². The first-order chi connectivity index (χ1) is 40.9. The Balaban J connectivity index is 0.000000104. The summed E-state index contributed by atoms with van der Waals surface area (Å²) >= 11 is 0. The molecule has 408 valence electrons. The first-order valence-corrected chi connectivity index (χ1v) is 28.0. The van der Waals surface area contributed by atoms with Gasteiger partial charge in [-0.1, -0.05) is 72.8 Å². The van der Waals surface area contributed by atoms with Crippen LogP contribution in [0.15, 0.2) is 225 Å². The van der Waals surface area contributed by atoms with Gasteiger partial charge in [-0.15, -0.1) is 0 Å². The molecule has 0 amide bonds. The fraction of sp³-hybridized carbons (Fsp3) is 0.108. The number of furan rings is 4. The normalized spacial score (nSPS) is 11.3. The Kier molecular flexibility index (Phi) is 13.9. The average Bonchev–Trinajstić information content (AvgIpc) is 4.41. The zero-order valence-corrected chi connectivity index (χ0v) is 47.9. The van der Waals surface area contributed by atoms with Crippen LogP contribution >= 0.6 is 0 Å². The molecule has 0 spiro atoms. The molecule has 16 aromatic rings. The maximum atomic E-state index is 5.94. The Morgan fingerprint density at radius 1 is 0.226 bits per heavy atom. The lowest BCUT2D eigenvalue weighted by Gasteiger charge is -2.04. The van der Waals surface area contributed by atoms with Crippen LogP contribution in [0.3, 0.4) is 0 Å². The Morgan fingerprint density at radius 2 is 0.571 bits per heavy atom. The van der Waals surface area contributed by atoms with Crippen LogP contribution in [0.2, 0.25) is 0 Å². The van der Waals surface area contributed by atoms with Crippen LogP contribution in [0.25, 0.3) is 133 Å². The van der Waals surface area contributed by atoms with Gasteiger partial charge < -0.3 is 17.7 Å². The molecule has 0 aliphatic rings. The molecule has 0 radical (unpaired) electrons. The highest BCUT2D eigenvalue weighted by molar-refractivity contribution is 6.07. The molecule has 0 saturated heterocycles. The van der Waals surface area contributed by atoms with Gasteiger partial charge in [0.2, 0.25) is 11.4 Å². The molecule has 10 heterocycles. The highest BCUT2D eigenvalue weighted by Crippen LogP contribution is 2.35. The van der Waals surface area contributed by atoms with Crippen molar-refractivity contribution in [1.82, 2.24) is 29.9 Å². The van der Waals surface area contributed by atoms with Gasteiger partial charge in [-0.25, -0.2) is 9.97 Å². The summed E-state index contributed by atoms with van der Waals surface area (Å²) in [5.74, 6) is 0. The van der Waals surface area contributed by atoms with Crippen LogP contribution in [0.1, 0.15) is 44.5 Å². The van der Waals surface area contributed by atoms with Gasteiger partial charge in [-0.2, -0.15) is 0 Å². The lowest BCUT2D eigenvalue weighted by molar-refractivity contribution is 0.653. The first-order valence-electron chi connectivity index (χ1n) is 28.0. The van der Waals surface area contributed by atoms with Gasteiger partial charge in [-0.05, 0) is 185 Å². The van der Waals surface area contributed by atoms with Crippen molar-refractivity contribution in [3.8, 4) is 45.0 Å². The van der Waals surface area contributed by atoms with Crippen molar-refractivity contribution in [3.05, 3.63) is 252 Å². The Bertz CT molecular complexity index is 4520. The third kappa shape index (κ3) is 10.3. The second-order valence-corrected chi connectivity index (χ2v) is 21.6. The van der Waals surface area contributed by atoms with Gasteiger partial charge in [0, 0.05) is 115 Å². The largest absolute Gasteiger partial charge is 0.456 e. The van der Waals surface area contributed by atoms with Crippen molar-refractivity contribution in [2.24, 2.45) is 0 Å². The van der Waals surface area contributed by atoms with E-state index in [1.165, 1.54) is 44.5 Å². The summed E-state index contributed by atoms with van der Waals surface area (Å²) in [7, 11) is 0. The monoisotopic (exact) mass is 1090 g/mol. The van der Waals surface area contributed by atoms with Crippen molar-refractivity contribution >= 4 is 88.0 Å². The highest BCUT2D eigenvalue weighted by Gasteiger charge is 2.14. The third-order valence-electron chi connectivity index (χ3n) is 16.0. The first kappa shape index (κ1) is 52.8. The molecule has 0 aliphatic heterocycles. The molecule has 0 N–H and O–H groups in total. The van der Waals surface area contributed by atoms with E-state index in [4.69, 9.17) is 17.7 Å². The number of nitrogens with zero attached hydrogens (tertiary/aromatic N) is 6. The molecule has 10 nitrogen and oxygen atoms in total. The zero-order chi connectivity index (χ0) is 57.6. The number of hydrogen-bond donors (Lipinski definition) is 0. The van der Waals surface area contributed by atoms with E-state index < -0.39 is 0 Å². The van der Waals surface area contributed by atoms with E-state index in [0.717, 1.165) is 122 Å². The number of hydrogen-bond acceptors (Lipinski definition) is 10. The molecular formula is C74H58N6O4. The number of rotatable bonds is 4. The number of benzene rings is 6. The minimum absolute atomic E-state index is 0.659. The molecule has 16 rings (SSSR count). The number of fused-ring (bicyclic) bond motifs is 12. The van der Waals surface area contributed by atoms with E-state index in [0.29, 0.717) is 11.4 Å². The molecular weight excluding hydrogens is 1040 g/mol. The lowest BCUT2D eigenvalue weighted by Crippen LogP contribution is -1.88. The minimum atomic E-state index is 0.659. The molecule has 0 saturated carbocycles. The maximum Gasteiger partial charge on any atom is 0.227 e. The third-order valence-corrected chi connectivity index (χ3v) is 16.0. The quantitative estimate of drug-likeness (QED) is 0.168. The van der Waals surface area contributed by atoms with E-state index in [-0.39, 0.29) is 0 Å². The van der Waals surface area contributed by atoms with Crippen molar-refractivity contribution in [3.63, 3.8) is 0 Å². The van der Waals surface area contributed by atoms with Crippen molar-refractivity contribution in [2.75, 3.05) is 0 Å². The molecule has 0 atom stereocenters. The summed E-state index contributed by atoms with van der Waals surface area (Å²) in [6.45, 7) is 16.8. The van der Waals surface area contributed by atoms with Gasteiger partial charge >= 0.3 is 0 Å². The maximum absolute atomic E-state index is 5.94. The number of pyridine rings is 6. The van der Waals surface area contributed by atoms with Gasteiger partial charge in [0.05, 0.1) is 22.8 Å². The summed E-state index contributed by atoms with van der Waals surface area (Å²) in [6.07, 6.45) is 11.1. The van der Waals surface area contributed by atoms with E-state index >= 15 is 0 Å². The van der Waals surface area contributed by atoms with Crippen LogP contribution in [0, 0.1) is 55.4 Å². The second kappa shape index (κ2) is 22.1. The van der Waals surface area contributed by atoms with Gasteiger partial charge in [0.1, 0.15) is 33.5 Å². The molecule has 10 heteroatoms. The Hall–Kier alpha value is -10.6. The number of aromatic nitrogens is 6. The molecule has 84 heavy (non-hydrogen) atoms. The predicted molar refractivity (Wildman–Crippen MR) is 341 cm³/mol. The smallest absolute Gasteiger partial charge is 0.227 e. The summed E-state index contributed by atoms with van der Waals surface area (Å²) < 4.78 is 23.5. The molecule has 6 aromatic carbocycles. The van der Waals surface area contributed by atoms with E-state index in [1.54, 1.807) is 12.4 Å². The summed E-state index contributed by atoms with van der Waals surface area (Å²) in [5, 5.41) is 8.64. The highest BCUT2D eigenvalue weighted by atomic mass is 16.3. The summed E-state index contributed by atoms with van der Waals surface area (Å²) in [4.78, 5) is 26.8. The molecule has 10 aromatic heterocycles. The topological polar surface area (TPSA) is 130 Å². The van der Waals surface area contributed by atoms with Crippen LogP contribution in [0.5, 0.6) is 0 Å². The Labute approximate surface area is 485 Å². The van der Waals surface area contributed by atoms with E-state index in [2.05, 4.69) is 176 Å². The fourth-order valence-corrected chi connectivity index (χ4v) is 10.5. The summed E-state index contributed by atoms with van der Waals surface area (Å²) in [6, 6.07) is 57.6. The summed E-state index contributed by atoms with van der Waals surface area (Å²) in [5.41, 5.74) is 24.9. The molecule has 0 bridgehead atoms. The van der Waals surface area contributed by atoms with Crippen LogP contribution in [-0.4, -0.2) is 29.9 Å². The lowest BCUT2D eigenvalue weighted by atomic mass is 10.0. The van der Waals surface area contributed by atoms with Crippen molar-refractivity contribution < 1.29 is 17.7 Å². The van der Waals surface area contributed by atoms with E-state index in [9.17, 15) is 0 Å². The van der Waals surface area contributed by atoms with Gasteiger partial charge in [0.15, 0.2) is 0 Å².